The third-order valence-electron chi connectivity index (χ3n) is 7.11. The Labute approximate surface area is 219 Å². The summed E-state index contributed by atoms with van der Waals surface area (Å²) in [5.41, 5.74) is 1.14. The number of likely N-dealkylation sites (tertiary alicyclic amines) is 2. The number of fused-ring (bicyclic) bond motifs is 3. The maximum atomic E-state index is 13.7. The number of nitrogens with zero attached hydrogens (tertiary/aromatic N) is 2. The average Bonchev–Trinajstić information content (AvgIpc) is 3.56. The molecule has 2 aliphatic heterocycles. The van der Waals surface area contributed by atoms with E-state index in [1.54, 1.807) is 29.2 Å². The predicted octanol–water partition coefficient (Wildman–Crippen LogP) is 4.74. The van der Waals surface area contributed by atoms with Gasteiger partial charge in [-0.2, -0.15) is 0 Å². The van der Waals surface area contributed by atoms with E-state index in [0.717, 1.165) is 10.9 Å². The number of piperazine rings is 1. The fourth-order valence-electron chi connectivity index (χ4n) is 5.22. The number of aromatic nitrogens is 1. The van der Waals surface area contributed by atoms with Gasteiger partial charge in [0.15, 0.2) is 0 Å². The minimum Gasteiger partial charge on any atom is -0.351 e. The van der Waals surface area contributed by atoms with Gasteiger partial charge in [0.2, 0.25) is 5.91 Å². The first-order valence-electron chi connectivity index (χ1n) is 12.0. The molecule has 3 heterocycles. The highest BCUT2D eigenvalue weighted by Gasteiger charge is 2.50. The number of H-pyrrole nitrogens is 1. The van der Waals surface area contributed by atoms with Crippen LogP contribution in [0.4, 0.5) is 0 Å². The van der Waals surface area contributed by atoms with Crippen LogP contribution >= 0.6 is 23.2 Å². The second kappa shape index (κ2) is 9.12. The van der Waals surface area contributed by atoms with Crippen molar-refractivity contribution in [2.24, 2.45) is 5.41 Å². The topological polar surface area (TPSA) is 85.5 Å². The zero-order valence-corrected chi connectivity index (χ0v) is 21.9. The normalized spacial score (nSPS) is 20.1. The van der Waals surface area contributed by atoms with Crippen molar-refractivity contribution in [2.75, 3.05) is 13.1 Å². The number of nitrogens with one attached hydrogen (secondary N) is 2. The molecule has 0 radical (unpaired) electrons. The number of rotatable bonds is 4. The summed E-state index contributed by atoms with van der Waals surface area (Å²) in [6.07, 6.45) is 0.697. The molecule has 9 heteroatoms. The molecule has 2 fully saturated rings. The first-order chi connectivity index (χ1) is 17.0. The van der Waals surface area contributed by atoms with Crippen LogP contribution in [0.25, 0.3) is 10.9 Å². The molecule has 0 aliphatic carbocycles. The van der Waals surface area contributed by atoms with Gasteiger partial charge in [-0.05, 0) is 42.2 Å². The van der Waals surface area contributed by atoms with Crippen LogP contribution in [0.15, 0.2) is 48.5 Å². The molecule has 3 amide bonds. The van der Waals surface area contributed by atoms with Gasteiger partial charge in [-0.3, -0.25) is 14.4 Å². The van der Waals surface area contributed by atoms with Crippen LogP contribution in [0.5, 0.6) is 0 Å². The van der Waals surface area contributed by atoms with Crippen molar-refractivity contribution in [2.45, 2.75) is 45.3 Å². The molecule has 2 aromatic carbocycles. The number of halogens is 2. The van der Waals surface area contributed by atoms with Crippen LogP contribution in [-0.4, -0.2) is 63.7 Å². The van der Waals surface area contributed by atoms with E-state index in [9.17, 15) is 14.4 Å². The fourth-order valence-corrected chi connectivity index (χ4v) is 5.59. The van der Waals surface area contributed by atoms with Crippen molar-refractivity contribution < 1.29 is 14.4 Å². The Morgan fingerprint density at radius 2 is 1.69 bits per heavy atom. The quantitative estimate of drug-likeness (QED) is 0.514. The van der Waals surface area contributed by atoms with Gasteiger partial charge in [-0.25, -0.2) is 0 Å². The standard InChI is InChI=1S/C27H28Cl2N4O3/c1-27(2,3)23(31-24(34)22-10-15-6-4-5-7-21(15)30-22)26(36)33-14-17-12-18(33)13-32(17)25(35)19-11-16(28)8-9-20(19)29/h4-11,17-18,23,30H,12-14H2,1-3H3,(H,31,34)/t17-,18-,23+/m0/s1. The van der Waals surface area contributed by atoms with E-state index in [0.29, 0.717) is 40.8 Å². The Hall–Kier alpha value is -3.03. The van der Waals surface area contributed by atoms with E-state index in [-0.39, 0.29) is 29.8 Å². The molecular formula is C27H28Cl2N4O3. The van der Waals surface area contributed by atoms with Crippen LogP contribution in [0.3, 0.4) is 0 Å². The van der Waals surface area contributed by atoms with E-state index >= 15 is 0 Å². The van der Waals surface area contributed by atoms with E-state index in [4.69, 9.17) is 23.2 Å². The molecule has 3 atom stereocenters. The molecular weight excluding hydrogens is 499 g/mol. The molecule has 7 nitrogen and oxygen atoms in total. The summed E-state index contributed by atoms with van der Waals surface area (Å²) in [7, 11) is 0. The minimum absolute atomic E-state index is 0.105. The molecule has 0 saturated carbocycles. The van der Waals surface area contributed by atoms with Crippen molar-refractivity contribution in [3.05, 3.63) is 69.8 Å². The van der Waals surface area contributed by atoms with E-state index in [2.05, 4.69) is 10.3 Å². The highest BCUT2D eigenvalue weighted by Crippen LogP contribution is 2.35. The van der Waals surface area contributed by atoms with Gasteiger partial charge in [0.05, 0.1) is 22.7 Å². The summed E-state index contributed by atoms with van der Waals surface area (Å²) in [6.45, 7) is 6.65. The fraction of sp³-hybridized carbons (Fsp3) is 0.370. The van der Waals surface area contributed by atoms with Gasteiger partial charge in [0.1, 0.15) is 11.7 Å². The molecule has 0 spiro atoms. The summed E-state index contributed by atoms with van der Waals surface area (Å²) in [5, 5.41) is 4.70. The monoisotopic (exact) mass is 526 g/mol. The van der Waals surface area contributed by atoms with Crippen molar-refractivity contribution in [1.29, 1.82) is 0 Å². The number of carbonyl (C=O) groups is 3. The van der Waals surface area contributed by atoms with E-state index < -0.39 is 11.5 Å². The van der Waals surface area contributed by atoms with Gasteiger partial charge in [-0.15, -0.1) is 0 Å². The summed E-state index contributed by atoms with van der Waals surface area (Å²) >= 11 is 12.3. The van der Waals surface area contributed by atoms with Crippen LogP contribution in [0.1, 0.15) is 48.0 Å². The smallest absolute Gasteiger partial charge is 0.268 e. The van der Waals surface area contributed by atoms with Crippen molar-refractivity contribution in [3.63, 3.8) is 0 Å². The number of carbonyl (C=O) groups excluding carboxylic acids is 3. The van der Waals surface area contributed by atoms with Crippen LogP contribution < -0.4 is 5.32 Å². The highest BCUT2D eigenvalue weighted by atomic mass is 35.5. The van der Waals surface area contributed by atoms with Crippen LogP contribution in [-0.2, 0) is 4.79 Å². The Bertz CT molecular complexity index is 1330. The van der Waals surface area contributed by atoms with Crippen LogP contribution in [0.2, 0.25) is 10.0 Å². The van der Waals surface area contributed by atoms with Gasteiger partial charge < -0.3 is 20.1 Å². The summed E-state index contributed by atoms with van der Waals surface area (Å²) < 4.78 is 0. The lowest BCUT2D eigenvalue weighted by molar-refractivity contribution is -0.138. The zero-order chi connectivity index (χ0) is 25.8. The Morgan fingerprint density at radius 1 is 1.00 bits per heavy atom. The Kier molecular flexibility index (Phi) is 6.25. The molecule has 2 aliphatic rings. The number of hydrogen-bond acceptors (Lipinski definition) is 3. The lowest BCUT2D eigenvalue weighted by Crippen LogP contribution is -2.59. The maximum absolute atomic E-state index is 13.7. The number of para-hydroxylation sites is 1. The van der Waals surface area contributed by atoms with Gasteiger partial charge in [0.25, 0.3) is 11.8 Å². The van der Waals surface area contributed by atoms with Gasteiger partial charge in [-0.1, -0.05) is 62.2 Å². The van der Waals surface area contributed by atoms with Crippen molar-refractivity contribution in [3.8, 4) is 0 Å². The van der Waals surface area contributed by atoms with Gasteiger partial charge in [0, 0.05) is 29.0 Å². The number of benzene rings is 2. The van der Waals surface area contributed by atoms with Crippen LogP contribution in [0, 0.1) is 5.41 Å². The number of hydrogen-bond donors (Lipinski definition) is 2. The molecule has 188 valence electrons. The Balaban J connectivity index is 1.31. The zero-order valence-electron chi connectivity index (χ0n) is 20.3. The highest BCUT2D eigenvalue weighted by molar-refractivity contribution is 6.35. The first-order valence-corrected chi connectivity index (χ1v) is 12.7. The molecule has 0 unspecified atom stereocenters. The Morgan fingerprint density at radius 3 is 2.36 bits per heavy atom. The third-order valence-corrected chi connectivity index (χ3v) is 7.67. The number of aromatic amines is 1. The molecule has 1 aromatic heterocycles. The lowest BCUT2D eigenvalue weighted by atomic mass is 9.85. The third kappa shape index (κ3) is 4.46. The second-order valence-electron chi connectivity index (χ2n) is 10.7. The molecule has 2 N–H and O–H groups in total. The SMILES string of the molecule is CC(C)(C)[C@H](NC(=O)c1cc2ccccc2[nH]1)C(=O)N1C[C@@H]2C[C@H]1CN2C(=O)c1cc(Cl)ccc1Cl. The lowest BCUT2D eigenvalue weighted by Gasteiger charge is -2.39. The second-order valence-corrected chi connectivity index (χ2v) is 11.5. The first kappa shape index (κ1) is 24.7. The largest absolute Gasteiger partial charge is 0.351 e. The minimum atomic E-state index is -0.720. The van der Waals surface area contributed by atoms with E-state index in [1.807, 2.05) is 49.9 Å². The molecule has 3 aromatic rings. The molecule has 2 saturated heterocycles. The van der Waals surface area contributed by atoms with Crippen molar-refractivity contribution >= 4 is 51.8 Å². The van der Waals surface area contributed by atoms with Gasteiger partial charge >= 0.3 is 0 Å². The average molecular weight is 527 g/mol. The summed E-state index contributed by atoms with van der Waals surface area (Å²) in [5.74, 6) is -0.634. The molecule has 2 bridgehead atoms. The number of amides is 3. The van der Waals surface area contributed by atoms with Crippen molar-refractivity contribution in [1.82, 2.24) is 20.1 Å². The summed E-state index contributed by atoms with van der Waals surface area (Å²) in [4.78, 5) is 46.7. The predicted molar refractivity (Wildman–Crippen MR) is 140 cm³/mol. The maximum Gasteiger partial charge on any atom is 0.268 e. The van der Waals surface area contributed by atoms with E-state index in [1.165, 1.54) is 0 Å². The molecule has 5 rings (SSSR count). The molecule has 36 heavy (non-hydrogen) atoms. The summed E-state index contributed by atoms with van der Waals surface area (Å²) in [6, 6.07) is 13.3.